The van der Waals surface area contributed by atoms with Gasteiger partial charge >= 0.3 is 48.4 Å². The van der Waals surface area contributed by atoms with E-state index in [9.17, 15) is 57.4 Å². The van der Waals surface area contributed by atoms with Crippen molar-refractivity contribution in [1.82, 2.24) is 20.9 Å². The lowest BCUT2D eigenvalue weighted by Crippen LogP contribution is -2.43. The van der Waals surface area contributed by atoms with Gasteiger partial charge in [0.25, 0.3) is 0 Å². The van der Waals surface area contributed by atoms with Crippen molar-refractivity contribution in [3.8, 4) is 0 Å². The quantitative estimate of drug-likeness (QED) is 0.0361. The van der Waals surface area contributed by atoms with E-state index in [1.54, 1.807) is 118 Å². The number of nitrogens with two attached hydrogens (primary N) is 2. The standard InChI is InChI=1S/C15H17BrFNO4.C11H10BrNO4.C10H9BrFNO2.C10H10BrNO3.C10H12BrNO3.C9H10BrNO3/c1-15(2,3)22-14(20)18-11(8-17)12(21-13(18)19)9-4-6-10(16)7-5-9;1-16-10(14)8-9(17-11(15)13-8)6-2-4-7(12)5-3-6;11-7-3-1-6(2-4-7)9-8(5-12)13-10(14)15-9;11-7-3-1-6(2-4-7)9-8(5-13)12-10(14)15-9;1-15-10(14)8(12)9(13)6-2-4-7(11)5-3-6;10-6-3-1-5(2-4-6)8(12)7(11)9(13)14/h4-7,11-12H,8H2,1-3H3;2-5,8-9H,1H3,(H,13,15);1-4,8-9H,5H2,(H,13,14);1-4,8-9,13H,5H2,(H,12,14);2-5,8-9,13H,12H2,1H3;1-4,7-8,12H,11H2,(H,13,14)/t11-,12-;8-,9+;2*8-,9-;8-,9+;7-,8+/m101100/s1. The Hall–Kier alpha value is -7.18. The number of benzene rings is 6. The Morgan fingerprint density at radius 1 is 0.520 bits per heavy atom. The topological polar surface area (TPSA) is 373 Å². The molecule has 11 N–H and O–H groups in total. The fourth-order valence-electron chi connectivity index (χ4n) is 8.99. The SMILES string of the molecule is CC(C)(C)OC(=O)N1C(=O)O[C@H](c2ccc(Br)cc2)[C@H]1CF.COC(=O)[C@@H](N)[C@H](O)c1ccc(Br)cc1.COC(=O)[C@H]1NC(=O)O[C@@H]1c1ccc(Br)cc1.N[C@H](C(=O)O)[C@H](O)c1ccc(Br)cc1.O=C1N[C@H](CF)[C@@H](c2ccc(Br)cc2)O1.O=C1N[C@H](CO)[C@@H](c2ccc(Br)cc2)O1. The molecule has 4 fully saturated rings. The third kappa shape index (κ3) is 24.3. The predicted octanol–water partition coefficient (Wildman–Crippen LogP) is 12.0. The normalized spacial score (nSPS) is 20.7. The first-order valence-corrected chi connectivity index (χ1v) is 33.7. The predicted molar refractivity (Wildman–Crippen MR) is 371 cm³/mol. The Bertz CT molecular complexity index is 3560. The van der Waals surface area contributed by atoms with E-state index in [1.807, 2.05) is 48.5 Å². The Balaban J connectivity index is 0.000000214. The Morgan fingerprint density at radius 2 is 0.867 bits per heavy atom. The molecule has 5 amide bonds. The summed E-state index contributed by atoms with van der Waals surface area (Å²) in [6.45, 7) is 3.33. The molecule has 4 saturated heterocycles. The van der Waals surface area contributed by atoms with E-state index in [0.717, 1.165) is 43.5 Å². The smallest absolute Gasteiger partial charge is 0.420 e. The van der Waals surface area contributed by atoms with Crippen LogP contribution in [0, 0.1) is 0 Å². The van der Waals surface area contributed by atoms with Crippen LogP contribution in [0.1, 0.15) is 90.8 Å². The minimum absolute atomic E-state index is 0.132. The highest BCUT2D eigenvalue weighted by Gasteiger charge is 2.48. The molecule has 0 unspecified atom stereocenters. The van der Waals surface area contributed by atoms with Gasteiger partial charge in [0.1, 0.15) is 55.3 Å². The lowest BCUT2D eigenvalue weighted by molar-refractivity contribution is -0.145. The first-order chi connectivity index (χ1) is 46.3. The highest BCUT2D eigenvalue weighted by molar-refractivity contribution is 9.11. The van der Waals surface area contributed by atoms with E-state index >= 15 is 0 Å². The van der Waals surface area contributed by atoms with Crippen molar-refractivity contribution in [2.24, 2.45) is 11.5 Å². The van der Waals surface area contributed by atoms with Crippen LogP contribution in [-0.4, -0.2) is 150 Å². The number of hydrogen-bond acceptors (Lipinski definition) is 20. The van der Waals surface area contributed by atoms with Crippen molar-refractivity contribution in [3.05, 3.63) is 206 Å². The number of amides is 5. The minimum atomic E-state index is -1.30. The van der Waals surface area contributed by atoms with Crippen LogP contribution < -0.4 is 27.4 Å². The van der Waals surface area contributed by atoms with Gasteiger partial charge in [0.05, 0.1) is 26.9 Å². The van der Waals surface area contributed by atoms with Crippen molar-refractivity contribution < 1.29 is 101 Å². The average molecular weight is 1750 g/mol. The van der Waals surface area contributed by atoms with Crippen LogP contribution in [0.4, 0.5) is 32.8 Å². The van der Waals surface area contributed by atoms with Gasteiger partial charge in [-0.1, -0.05) is 168 Å². The van der Waals surface area contributed by atoms with Crippen LogP contribution in [0.25, 0.3) is 0 Å². The molecule has 10 rings (SSSR count). The van der Waals surface area contributed by atoms with Crippen LogP contribution in [0.2, 0.25) is 0 Å². The summed E-state index contributed by atoms with van der Waals surface area (Å²) in [6.07, 6.45) is -8.14. The fraction of sp³-hybridized carbons (Fsp3) is 0.323. The van der Waals surface area contributed by atoms with E-state index in [2.05, 4.69) is 121 Å². The number of nitrogens with zero attached hydrogens (tertiary/aromatic N) is 1. The minimum Gasteiger partial charge on any atom is -0.480 e. The number of alkyl halides is 2. The van der Waals surface area contributed by atoms with Gasteiger partial charge in [-0.05, 0) is 127 Å². The van der Waals surface area contributed by atoms with E-state index in [0.29, 0.717) is 21.6 Å². The summed E-state index contributed by atoms with van der Waals surface area (Å²) in [5, 5.41) is 44.3. The van der Waals surface area contributed by atoms with Gasteiger partial charge in [0, 0.05) is 26.8 Å². The van der Waals surface area contributed by atoms with Crippen LogP contribution in [0.3, 0.4) is 0 Å². The fourth-order valence-corrected chi connectivity index (χ4v) is 10.6. The number of hydrogen-bond donors (Lipinski definition) is 9. The molecule has 12 atom stereocenters. The molecule has 6 aromatic rings. The number of alkyl carbamates (subject to hydrolysis) is 3. The summed E-state index contributed by atoms with van der Waals surface area (Å²) in [4.78, 5) is 90.9. The molecule has 0 bridgehead atoms. The number of carbonyl (C=O) groups is 8. The summed E-state index contributed by atoms with van der Waals surface area (Å²) < 4.78 is 65.9. The molecule has 25 nitrogen and oxygen atoms in total. The second-order valence-electron chi connectivity index (χ2n) is 21.9. The number of aliphatic carboxylic acids is 1. The maximum absolute atomic E-state index is 13.4. The zero-order valence-corrected chi connectivity index (χ0v) is 62.0. The van der Waals surface area contributed by atoms with E-state index < -0.39 is 134 Å². The molecule has 0 radical (unpaired) electrons. The van der Waals surface area contributed by atoms with Gasteiger partial charge in [-0.3, -0.25) is 9.59 Å². The molecule has 98 heavy (non-hydrogen) atoms. The number of aliphatic hydroxyl groups is 3. The first-order valence-electron chi connectivity index (χ1n) is 29.0. The van der Waals surface area contributed by atoms with E-state index in [4.69, 9.17) is 45.4 Å². The van der Waals surface area contributed by atoms with Gasteiger partial charge in [-0.25, -0.2) is 42.4 Å². The highest BCUT2D eigenvalue weighted by atomic mass is 79.9. The molecule has 528 valence electrons. The van der Waals surface area contributed by atoms with Crippen molar-refractivity contribution in [2.45, 2.75) is 99.2 Å². The van der Waals surface area contributed by atoms with Gasteiger partial charge in [-0.15, -0.1) is 0 Å². The third-order valence-corrected chi connectivity index (χ3v) is 17.1. The highest BCUT2D eigenvalue weighted by Crippen LogP contribution is 2.36. The molecule has 0 aliphatic carbocycles. The summed E-state index contributed by atoms with van der Waals surface area (Å²) in [5.41, 5.74) is 14.1. The van der Waals surface area contributed by atoms with Crippen LogP contribution in [-0.2, 0) is 47.5 Å². The second kappa shape index (κ2) is 39.0. The second-order valence-corrected chi connectivity index (χ2v) is 27.4. The molecule has 0 saturated carbocycles. The number of nitrogens with one attached hydrogen (secondary N) is 3. The number of aliphatic hydroxyl groups excluding tert-OH is 3. The monoisotopic (exact) mass is 1750 g/mol. The molecule has 0 aromatic heterocycles. The number of carboxylic acid groups (broad SMARTS) is 1. The van der Waals surface area contributed by atoms with Crippen molar-refractivity contribution in [1.29, 1.82) is 0 Å². The Labute approximate surface area is 611 Å². The van der Waals surface area contributed by atoms with Gasteiger partial charge in [0.15, 0.2) is 30.5 Å². The number of ether oxygens (including phenoxy) is 7. The molecule has 4 heterocycles. The summed E-state index contributed by atoms with van der Waals surface area (Å²) in [6, 6.07) is 37.3. The molecule has 4 aliphatic rings. The maximum atomic E-state index is 13.4. The number of carbonyl (C=O) groups excluding carboxylic acids is 7. The van der Waals surface area contributed by atoms with Gasteiger partial charge < -0.3 is 81.0 Å². The lowest BCUT2D eigenvalue weighted by Gasteiger charge is -2.25. The number of cyclic esters (lactones) is 4. The Kier molecular flexibility index (Phi) is 32.4. The maximum Gasteiger partial charge on any atom is 0.420 e. The molecular weight excluding hydrogens is 1690 g/mol. The molecule has 4 aliphatic heterocycles. The van der Waals surface area contributed by atoms with Crippen LogP contribution in [0.5, 0.6) is 0 Å². The number of imide groups is 1. The molecule has 33 heteroatoms. The van der Waals surface area contributed by atoms with Crippen LogP contribution in [0.15, 0.2) is 172 Å². The number of carboxylic acids is 1. The molecule has 0 spiro atoms. The van der Waals surface area contributed by atoms with Crippen molar-refractivity contribution in [2.75, 3.05) is 34.2 Å². The van der Waals surface area contributed by atoms with Crippen molar-refractivity contribution in [3.63, 3.8) is 0 Å². The van der Waals surface area contributed by atoms with Gasteiger partial charge in [-0.2, -0.15) is 0 Å². The summed E-state index contributed by atoms with van der Waals surface area (Å²) in [7, 11) is 2.50. The average Bonchev–Trinajstić information content (AvgIpc) is 1.64. The van der Waals surface area contributed by atoms with E-state index in [-0.39, 0.29) is 12.6 Å². The summed E-state index contributed by atoms with van der Waals surface area (Å²) >= 11 is 19.7. The number of rotatable bonds is 14. The zero-order valence-electron chi connectivity index (χ0n) is 52.4. The Morgan fingerprint density at radius 3 is 1.22 bits per heavy atom. The van der Waals surface area contributed by atoms with E-state index in [1.165, 1.54) is 14.2 Å². The zero-order chi connectivity index (χ0) is 72.7. The van der Waals surface area contributed by atoms with Gasteiger partial charge in [0.2, 0.25) is 0 Å². The first kappa shape index (κ1) is 81.5. The molecular formula is C65H68Br6F2N6O19. The molecule has 6 aromatic carbocycles. The summed E-state index contributed by atoms with van der Waals surface area (Å²) in [5.74, 6) is -2.38. The van der Waals surface area contributed by atoms with Crippen LogP contribution >= 0.6 is 95.6 Å². The van der Waals surface area contributed by atoms with Crippen molar-refractivity contribution >= 4 is 144 Å². The largest absolute Gasteiger partial charge is 0.480 e. The number of esters is 2. The number of methoxy groups -OCH3 is 2. The number of halogens is 8. The lowest BCUT2D eigenvalue weighted by atomic mass is 10.0. The third-order valence-electron chi connectivity index (χ3n) is 13.9.